The van der Waals surface area contributed by atoms with E-state index in [1.54, 1.807) is 0 Å². The maximum Gasteiger partial charge on any atom is 0.0613 e. The Balaban J connectivity index is 2.39. The van der Waals surface area contributed by atoms with E-state index < -0.39 is 0 Å². The molecular weight excluding hydrogens is 260 g/mol. The number of aliphatic hydroxyl groups excluding tert-OH is 1. The summed E-state index contributed by atoms with van der Waals surface area (Å²) in [6.07, 6.45) is 7.34. The fourth-order valence-corrected chi connectivity index (χ4v) is 3.16. The van der Waals surface area contributed by atoms with Crippen LogP contribution in [-0.4, -0.2) is 47.3 Å². The quantitative estimate of drug-likeness (QED) is 0.579. The van der Waals surface area contributed by atoms with Gasteiger partial charge in [-0.2, -0.15) is 0 Å². The third kappa shape index (κ3) is 7.12. The molecule has 0 aromatic rings. The highest BCUT2D eigenvalue weighted by Gasteiger charge is 2.31. The number of nitrogens with zero attached hydrogens (tertiary/aromatic N) is 1. The van der Waals surface area contributed by atoms with Gasteiger partial charge in [0.25, 0.3) is 0 Å². The maximum atomic E-state index is 9.81. The molecule has 0 heterocycles. The SMILES string of the molecule is CCC(CO)(CCCN(CCC(C)C)C1CC1)NC(C)C. The Kier molecular flexibility index (Phi) is 8.22. The van der Waals surface area contributed by atoms with E-state index in [1.165, 1.54) is 38.8 Å². The average molecular weight is 299 g/mol. The lowest BCUT2D eigenvalue weighted by molar-refractivity contribution is 0.128. The summed E-state index contributed by atoms with van der Waals surface area (Å²) in [6.45, 7) is 13.8. The van der Waals surface area contributed by atoms with Gasteiger partial charge in [-0.3, -0.25) is 0 Å². The molecule has 0 aliphatic heterocycles. The minimum atomic E-state index is -0.0819. The van der Waals surface area contributed by atoms with Crippen LogP contribution in [0.4, 0.5) is 0 Å². The highest BCUT2D eigenvalue weighted by molar-refractivity contribution is 4.89. The molecule has 3 heteroatoms. The Labute approximate surface area is 132 Å². The third-order valence-corrected chi connectivity index (χ3v) is 4.73. The van der Waals surface area contributed by atoms with Crippen molar-refractivity contribution in [2.75, 3.05) is 19.7 Å². The average Bonchev–Trinajstić information content (AvgIpc) is 3.25. The standard InChI is InChI=1S/C18H38N2O/c1-6-18(14-21,19-16(4)5)11-7-12-20(17-8-9-17)13-10-15(2)3/h15-17,19,21H,6-14H2,1-5H3. The molecule has 0 radical (unpaired) electrons. The topological polar surface area (TPSA) is 35.5 Å². The first-order valence-electron chi connectivity index (χ1n) is 9.05. The van der Waals surface area contributed by atoms with Crippen molar-refractivity contribution in [1.29, 1.82) is 0 Å². The molecule has 1 fully saturated rings. The van der Waals surface area contributed by atoms with E-state index >= 15 is 0 Å². The van der Waals surface area contributed by atoms with Crippen molar-refractivity contribution >= 4 is 0 Å². The highest BCUT2D eigenvalue weighted by atomic mass is 16.3. The van der Waals surface area contributed by atoms with E-state index in [0.29, 0.717) is 6.04 Å². The number of nitrogens with one attached hydrogen (secondary N) is 1. The zero-order valence-corrected chi connectivity index (χ0v) is 15.0. The van der Waals surface area contributed by atoms with Gasteiger partial charge >= 0.3 is 0 Å². The first-order valence-corrected chi connectivity index (χ1v) is 9.05. The summed E-state index contributed by atoms with van der Waals surface area (Å²) < 4.78 is 0. The van der Waals surface area contributed by atoms with Gasteiger partial charge in [-0.25, -0.2) is 0 Å². The lowest BCUT2D eigenvalue weighted by Gasteiger charge is -2.35. The van der Waals surface area contributed by atoms with Crippen LogP contribution in [0.5, 0.6) is 0 Å². The van der Waals surface area contributed by atoms with Gasteiger partial charge in [0.05, 0.1) is 6.61 Å². The third-order valence-electron chi connectivity index (χ3n) is 4.73. The van der Waals surface area contributed by atoms with Gasteiger partial charge < -0.3 is 15.3 Å². The molecule has 1 saturated carbocycles. The van der Waals surface area contributed by atoms with E-state index in [2.05, 4.69) is 44.8 Å². The molecule has 0 spiro atoms. The monoisotopic (exact) mass is 298 g/mol. The second-order valence-corrected chi connectivity index (χ2v) is 7.64. The van der Waals surface area contributed by atoms with Crippen LogP contribution in [0.25, 0.3) is 0 Å². The summed E-state index contributed by atoms with van der Waals surface area (Å²) in [5.41, 5.74) is -0.0819. The van der Waals surface area contributed by atoms with E-state index in [1.807, 2.05) is 0 Å². The van der Waals surface area contributed by atoms with E-state index in [4.69, 9.17) is 0 Å². The summed E-state index contributed by atoms with van der Waals surface area (Å²) in [4.78, 5) is 2.69. The van der Waals surface area contributed by atoms with Gasteiger partial charge in [0.15, 0.2) is 0 Å². The molecule has 0 aromatic carbocycles. The second-order valence-electron chi connectivity index (χ2n) is 7.64. The largest absolute Gasteiger partial charge is 0.394 e. The number of hydrogen-bond donors (Lipinski definition) is 2. The van der Waals surface area contributed by atoms with Crippen molar-refractivity contribution in [2.24, 2.45) is 5.92 Å². The molecule has 1 unspecified atom stereocenters. The number of aliphatic hydroxyl groups is 1. The Morgan fingerprint density at radius 2 is 1.86 bits per heavy atom. The molecule has 0 bridgehead atoms. The fraction of sp³-hybridized carbons (Fsp3) is 1.00. The van der Waals surface area contributed by atoms with Crippen LogP contribution >= 0.6 is 0 Å². The van der Waals surface area contributed by atoms with Gasteiger partial charge in [0.2, 0.25) is 0 Å². The van der Waals surface area contributed by atoms with Crippen molar-refractivity contribution in [1.82, 2.24) is 10.2 Å². The molecule has 1 atom stereocenters. The summed E-state index contributed by atoms with van der Waals surface area (Å²) in [7, 11) is 0. The number of hydrogen-bond acceptors (Lipinski definition) is 3. The summed E-state index contributed by atoms with van der Waals surface area (Å²) >= 11 is 0. The predicted octanol–water partition coefficient (Wildman–Crippen LogP) is 3.42. The molecular formula is C18H38N2O. The van der Waals surface area contributed by atoms with Crippen LogP contribution < -0.4 is 5.32 Å². The highest BCUT2D eigenvalue weighted by Crippen LogP contribution is 2.28. The van der Waals surface area contributed by atoms with Crippen molar-refractivity contribution in [3.05, 3.63) is 0 Å². The van der Waals surface area contributed by atoms with Gasteiger partial charge in [-0.05, 0) is 57.5 Å². The molecule has 1 rings (SSSR count). The normalized spacial score (nSPS) is 18.7. The fourth-order valence-electron chi connectivity index (χ4n) is 3.16. The zero-order chi connectivity index (χ0) is 15.9. The summed E-state index contributed by atoms with van der Waals surface area (Å²) in [5.74, 6) is 0.793. The van der Waals surface area contributed by atoms with Crippen LogP contribution in [0.2, 0.25) is 0 Å². The van der Waals surface area contributed by atoms with Gasteiger partial charge in [0.1, 0.15) is 0 Å². The molecule has 3 nitrogen and oxygen atoms in total. The Hall–Kier alpha value is -0.120. The molecule has 0 amide bonds. The molecule has 0 aromatic heterocycles. The van der Waals surface area contributed by atoms with E-state index in [0.717, 1.165) is 24.8 Å². The Morgan fingerprint density at radius 3 is 2.29 bits per heavy atom. The van der Waals surface area contributed by atoms with Crippen molar-refractivity contribution in [2.45, 2.75) is 90.8 Å². The maximum absolute atomic E-state index is 9.81. The first-order chi connectivity index (χ1) is 9.92. The van der Waals surface area contributed by atoms with Gasteiger partial charge in [-0.1, -0.05) is 34.6 Å². The van der Waals surface area contributed by atoms with Crippen molar-refractivity contribution in [3.63, 3.8) is 0 Å². The minimum absolute atomic E-state index is 0.0819. The summed E-state index contributed by atoms with van der Waals surface area (Å²) in [6, 6.07) is 1.28. The molecule has 2 N–H and O–H groups in total. The predicted molar refractivity (Wildman–Crippen MR) is 91.7 cm³/mol. The molecule has 126 valence electrons. The molecule has 21 heavy (non-hydrogen) atoms. The van der Waals surface area contributed by atoms with E-state index in [9.17, 15) is 5.11 Å². The first kappa shape index (κ1) is 18.9. The second kappa shape index (κ2) is 9.12. The Morgan fingerprint density at radius 1 is 1.19 bits per heavy atom. The number of rotatable bonds is 12. The minimum Gasteiger partial charge on any atom is -0.394 e. The smallest absolute Gasteiger partial charge is 0.0613 e. The van der Waals surface area contributed by atoms with Crippen LogP contribution in [0.15, 0.2) is 0 Å². The molecule has 0 saturated heterocycles. The van der Waals surface area contributed by atoms with E-state index in [-0.39, 0.29) is 12.1 Å². The van der Waals surface area contributed by atoms with Crippen LogP contribution in [0.1, 0.15) is 73.1 Å². The van der Waals surface area contributed by atoms with Crippen LogP contribution in [-0.2, 0) is 0 Å². The molecule has 1 aliphatic rings. The lowest BCUT2D eigenvalue weighted by Crippen LogP contribution is -2.51. The van der Waals surface area contributed by atoms with Gasteiger partial charge in [-0.15, -0.1) is 0 Å². The molecule has 1 aliphatic carbocycles. The zero-order valence-electron chi connectivity index (χ0n) is 15.0. The summed E-state index contributed by atoms with van der Waals surface area (Å²) in [5, 5.41) is 13.4. The van der Waals surface area contributed by atoms with Crippen LogP contribution in [0, 0.1) is 5.92 Å². The lowest BCUT2D eigenvalue weighted by atomic mass is 9.90. The Bertz CT molecular complexity index is 270. The van der Waals surface area contributed by atoms with Crippen molar-refractivity contribution in [3.8, 4) is 0 Å². The van der Waals surface area contributed by atoms with Crippen LogP contribution in [0.3, 0.4) is 0 Å². The van der Waals surface area contributed by atoms with Crippen molar-refractivity contribution < 1.29 is 5.11 Å². The van der Waals surface area contributed by atoms with Gasteiger partial charge in [0, 0.05) is 17.6 Å².